The van der Waals surface area contributed by atoms with Crippen molar-refractivity contribution in [2.45, 2.75) is 28.4 Å². The van der Waals surface area contributed by atoms with Gasteiger partial charge in [-0.15, -0.1) is 10.2 Å². The monoisotopic (exact) mass is 328 g/mol. The lowest BCUT2D eigenvalue weighted by Crippen LogP contribution is -2.34. The second-order valence-corrected chi connectivity index (χ2v) is 6.60. The molecule has 6 nitrogen and oxygen atoms in total. The average Bonchev–Trinajstić information content (AvgIpc) is 3.00. The zero-order valence-corrected chi connectivity index (χ0v) is 12.7. The predicted molar refractivity (Wildman–Crippen MR) is 80.0 cm³/mol. The number of benzene rings is 1. The molecule has 0 saturated carbocycles. The first-order valence-corrected chi connectivity index (χ1v) is 8.07. The highest BCUT2D eigenvalue weighted by Crippen LogP contribution is 2.30. The molecule has 0 aliphatic rings. The molecule has 8 heteroatoms. The molecule has 0 amide bonds. The third kappa shape index (κ3) is 4.47. The van der Waals surface area contributed by atoms with Gasteiger partial charge < -0.3 is 20.4 Å². The van der Waals surface area contributed by atoms with Crippen LogP contribution in [0.5, 0.6) is 0 Å². The van der Waals surface area contributed by atoms with Crippen molar-refractivity contribution in [2.24, 2.45) is 0 Å². The first-order valence-electron chi connectivity index (χ1n) is 6.27. The summed E-state index contributed by atoms with van der Waals surface area (Å²) < 4.78 is 0.665. The first-order chi connectivity index (χ1) is 10.1. The van der Waals surface area contributed by atoms with Gasteiger partial charge in [0.25, 0.3) is 0 Å². The SMILES string of the molecule is OC[C@@H](O)[C@@H](O)[C@H](O)c1nnc(SCc2ccccc2)s1. The molecule has 1 aromatic heterocycles. The minimum absolute atomic E-state index is 0.213. The smallest absolute Gasteiger partial charge is 0.174 e. The van der Waals surface area contributed by atoms with Crippen molar-refractivity contribution in [3.05, 3.63) is 40.9 Å². The predicted octanol–water partition coefficient (Wildman–Crippen LogP) is 0.578. The third-order valence-electron chi connectivity index (χ3n) is 2.79. The van der Waals surface area contributed by atoms with Crippen LogP contribution in [0.25, 0.3) is 0 Å². The van der Waals surface area contributed by atoms with E-state index in [1.54, 1.807) is 0 Å². The topological polar surface area (TPSA) is 107 Å². The lowest BCUT2D eigenvalue weighted by molar-refractivity contribution is -0.0778. The van der Waals surface area contributed by atoms with Gasteiger partial charge in [-0.25, -0.2) is 0 Å². The number of aliphatic hydroxyl groups is 4. The van der Waals surface area contributed by atoms with Crippen molar-refractivity contribution in [1.29, 1.82) is 0 Å². The van der Waals surface area contributed by atoms with Crippen LogP contribution in [0.4, 0.5) is 0 Å². The first kappa shape index (κ1) is 16.3. The van der Waals surface area contributed by atoms with E-state index < -0.39 is 24.9 Å². The van der Waals surface area contributed by atoms with Crippen LogP contribution in [0.1, 0.15) is 16.7 Å². The van der Waals surface area contributed by atoms with Gasteiger partial charge in [-0.05, 0) is 5.56 Å². The van der Waals surface area contributed by atoms with E-state index in [1.165, 1.54) is 11.8 Å². The summed E-state index contributed by atoms with van der Waals surface area (Å²) in [6, 6.07) is 9.87. The molecule has 3 atom stereocenters. The van der Waals surface area contributed by atoms with E-state index >= 15 is 0 Å². The van der Waals surface area contributed by atoms with Crippen molar-refractivity contribution < 1.29 is 20.4 Å². The quantitative estimate of drug-likeness (QED) is 0.551. The van der Waals surface area contributed by atoms with Crippen LogP contribution in [0.3, 0.4) is 0 Å². The second kappa shape index (κ2) is 7.83. The molecule has 1 aromatic carbocycles. The number of hydrogen-bond acceptors (Lipinski definition) is 8. The van der Waals surface area contributed by atoms with Gasteiger partial charge in [-0.2, -0.15) is 0 Å². The summed E-state index contributed by atoms with van der Waals surface area (Å²) in [7, 11) is 0. The van der Waals surface area contributed by atoms with Gasteiger partial charge in [-0.1, -0.05) is 53.4 Å². The minimum atomic E-state index is -1.49. The van der Waals surface area contributed by atoms with Gasteiger partial charge in [0.15, 0.2) is 4.34 Å². The Morgan fingerprint density at radius 3 is 2.48 bits per heavy atom. The van der Waals surface area contributed by atoms with E-state index in [1.807, 2.05) is 30.3 Å². The van der Waals surface area contributed by atoms with Gasteiger partial charge in [-0.3, -0.25) is 0 Å². The zero-order chi connectivity index (χ0) is 15.2. The van der Waals surface area contributed by atoms with Gasteiger partial charge in [0.1, 0.15) is 23.3 Å². The van der Waals surface area contributed by atoms with Crippen LogP contribution in [0, 0.1) is 0 Å². The van der Waals surface area contributed by atoms with Crippen molar-refractivity contribution in [3.63, 3.8) is 0 Å². The maximum atomic E-state index is 9.87. The molecule has 0 aliphatic carbocycles. The summed E-state index contributed by atoms with van der Waals surface area (Å²) in [6.45, 7) is -0.632. The minimum Gasteiger partial charge on any atom is -0.394 e. The van der Waals surface area contributed by atoms with E-state index in [0.717, 1.165) is 22.7 Å². The van der Waals surface area contributed by atoms with E-state index in [-0.39, 0.29) is 5.01 Å². The standard InChI is InChI=1S/C13H16N2O4S2/c16-6-9(17)10(18)11(19)12-14-15-13(21-12)20-7-8-4-2-1-3-5-8/h1-5,9-11,16-19H,6-7H2/t9-,10-,11+/m1/s1. The van der Waals surface area contributed by atoms with E-state index in [0.29, 0.717) is 4.34 Å². The zero-order valence-electron chi connectivity index (χ0n) is 11.0. The molecule has 2 rings (SSSR count). The Balaban J connectivity index is 1.95. The van der Waals surface area contributed by atoms with Crippen LogP contribution in [-0.2, 0) is 5.75 Å². The highest BCUT2D eigenvalue weighted by Gasteiger charge is 2.28. The van der Waals surface area contributed by atoms with Crippen molar-refractivity contribution in [2.75, 3.05) is 6.61 Å². The largest absolute Gasteiger partial charge is 0.394 e. The lowest BCUT2D eigenvalue weighted by atomic mass is 10.1. The summed E-state index contributed by atoms with van der Waals surface area (Å²) in [5, 5.41) is 45.5. The van der Waals surface area contributed by atoms with Crippen LogP contribution in [0.15, 0.2) is 34.7 Å². The van der Waals surface area contributed by atoms with E-state index in [4.69, 9.17) is 5.11 Å². The second-order valence-electron chi connectivity index (χ2n) is 4.37. The van der Waals surface area contributed by atoms with Crippen molar-refractivity contribution in [1.82, 2.24) is 10.2 Å². The summed E-state index contributed by atoms with van der Waals surface area (Å²) in [5.74, 6) is 0.730. The fourth-order valence-corrected chi connectivity index (χ4v) is 3.43. The van der Waals surface area contributed by atoms with Gasteiger partial charge in [0.05, 0.1) is 6.61 Å². The molecule has 0 saturated heterocycles. The average molecular weight is 328 g/mol. The molecule has 0 fully saturated rings. The molecular formula is C13H16N2O4S2. The number of rotatable bonds is 7. The van der Waals surface area contributed by atoms with E-state index in [2.05, 4.69) is 10.2 Å². The summed E-state index contributed by atoms with van der Waals surface area (Å²) in [6.07, 6.45) is -4.27. The Morgan fingerprint density at radius 2 is 1.81 bits per heavy atom. The number of nitrogens with zero attached hydrogens (tertiary/aromatic N) is 2. The van der Waals surface area contributed by atoms with Crippen LogP contribution >= 0.6 is 23.1 Å². The van der Waals surface area contributed by atoms with Gasteiger partial charge in [0, 0.05) is 5.75 Å². The Bertz CT molecular complexity index is 552. The summed E-state index contributed by atoms with van der Waals surface area (Å²) in [4.78, 5) is 0. The highest BCUT2D eigenvalue weighted by molar-refractivity contribution is 8.00. The molecule has 2 aromatic rings. The third-order valence-corrected chi connectivity index (χ3v) is 4.98. The van der Waals surface area contributed by atoms with Gasteiger partial charge in [0.2, 0.25) is 0 Å². The molecule has 0 aliphatic heterocycles. The Hall–Kier alpha value is -1.03. The van der Waals surface area contributed by atoms with Crippen LogP contribution in [-0.4, -0.2) is 49.4 Å². The van der Waals surface area contributed by atoms with Crippen molar-refractivity contribution in [3.8, 4) is 0 Å². The molecule has 114 valence electrons. The highest BCUT2D eigenvalue weighted by atomic mass is 32.2. The number of hydrogen-bond donors (Lipinski definition) is 4. The molecule has 21 heavy (non-hydrogen) atoms. The maximum absolute atomic E-state index is 9.87. The Labute approximate surface area is 130 Å². The van der Waals surface area contributed by atoms with Crippen LogP contribution in [0.2, 0.25) is 0 Å². The molecule has 0 bridgehead atoms. The fraction of sp³-hybridized carbons (Fsp3) is 0.385. The lowest BCUT2D eigenvalue weighted by Gasteiger charge is -2.19. The molecule has 0 spiro atoms. The molecular weight excluding hydrogens is 312 g/mol. The van der Waals surface area contributed by atoms with Crippen molar-refractivity contribution >= 4 is 23.1 Å². The number of aliphatic hydroxyl groups excluding tert-OH is 4. The number of thioether (sulfide) groups is 1. The summed E-state index contributed by atoms with van der Waals surface area (Å²) in [5.41, 5.74) is 1.15. The van der Waals surface area contributed by atoms with Gasteiger partial charge >= 0.3 is 0 Å². The number of aromatic nitrogens is 2. The molecule has 0 radical (unpaired) electrons. The fourth-order valence-electron chi connectivity index (χ4n) is 1.58. The van der Waals surface area contributed by atoms with E-state index in [9.17, 15) is 15.3 Å². The molecule has 1 heterocycles. The van der Waals surface area contributed by atoms with Crippen LogP contribution < -0.4 is 0 Å². The molecule has 0 unspecified atom stereocenters. The Kier molecular flexibility index (Phi) is 6.09. The molecule has 4 N–H and O–H groups in total. The normalized spacial score (nSPS) is 15.6. The summed E-state index contributed by atoms with van der Waals surface area (Å²) >= 11 is 2.63. The Morgan fingerprint density at radius 1 is 1.10 bits per heavy atom. The maximum Gasteiger partial charge on any atom is 0.174 e.